The molecule has 0 saturated carbocycles. The Morgan fingerprint density at radius 3 is 2.55 bits per heavy atom. The molecular formula is C14H20N2O3S. The van der Waals surface area contributed by atoms with Crippen LogP contribution in [0.15, 0.2) is 12.2 Å². The van der Waals surface area contributed by atoms with Crippen LogP contribution in [-0.2, 0) is 14.9 Å². The van der Waals surface area contributed by atoms with Gasteiger partial charge in [-0.15, -0.1) is 11.3 Å². The molecule has 110 valence electrons. The van der Waals surface area contributed by atoms with Gasteiger partial charge in [0, 0.05) is 18.0 Å². The van der Waals surface area contributed by atoms with Gasteiger partial charge in [0.05, 0.1) is 17.8 Å². The van der Waals surface area contributed by atoms with E-state index in [0.29, 0.717) is 4.88 Å². The first-order chi connectivity index (χ1) is 9.25. The molecule has 6 heteroatoms. The predicted molar refractivity (Wildman–Crippen MR) is 79.0 cm³/mol. The number of hydrogen-bond donors (Lipinski definition) is 1. The lowest BCUT2D eigenvalue weighted by atomic mass is 9.98. The van der Waals surface area contributed by atoms with Crippen LogP contribution in [0.2, 0.25) is 0 Å². The summed E-state index contributed by atoms with van der Waals surface area (Å²) in [5, 5.41) is 3.66. The van der Waals surface area contributed by atoms with Gasteiger partial charge in [-0.2, -0.15) is 0 Å². The zero-order valence-corrected chi connectivity index (χ0v) is 13.3. The highest BCUT2D eigenvalue weighted by molar-refractivity contribution is 7.14. The molecule has 1 amide bonds. The molecule has 5 nitrogen and oxygen atoms in total. The second-order valence-corrected chi connectivity index (χ2v) is 6.32. The number of ether oxygens (including phenoxy) is 1. The Hall–Kier alpha value is -1.69. The first-order valence-corrected chi connectivity index (χ1v) is 7.08. The predicted octanol–water partition coefficient (Wildman–Crippen LogP) is 2.21. The van der Waals surface area contributed by atoms with Crippen LogP contribution in [-0.4, -0.2) is 30.5 Å². The van der Waals surface area contributed by atoms with Crippen LogP contribution < -0.4 is 5.32 Å². The number of aromatic nitrogens is 1. The highest BCUT2D eigenvalue weighted by Gasteiger charge is 2.22. The smallest absolute Gasteiger partial charge is 0.330 e. The number of carbonyl (C=O) groups is 2. The molecule has 1 aromatic rings. The molecule has 0 fully saturated rings. The van der Waals surface area contributed by atoms with Gasteiger partial charge in [0.15, 0.2) is 0 Å². The summed E-state index contributed by atoms with van der Waals surface area (Å²) in [5.74, 6) is -0.617. The first-order valence-electron chi connectivity index (χ1n) is 6.26. The summed E-state index contributed by atoms with van der Waals surface area (Å²) in [6.45, 7) is 8.28. The number of amides is 1. The number of aryl methyl sites for hydroxylation is 1. The van der Waals surface area contributed by atoms with Crippen molar-refractivity contribution in [3.05, 3.63) is 27.7 Å². The number of esters is 1. The van der Waals surface area contributed by atoms with Crippen molar-refractivity contribution in [3.8, 4) is 0 Å². The molecule has 1 heterocycles. The summed E-state index contributed by atoms with van der Waals surface area (Å²) in [5.41, 5.74) is 0.660. The molecule has 0 aliphatic carbocycles. The highest BCUT2D eigenvalue weighted by Crippen LogP contribution is 2.28. The summed E-state index contributed by atoms with van der Waals surface area (Å²) in [6, 6.07) is 0. The van der Waals surface area contributed by atoms with Crippen LogP contribution in [0.25, 0.3) is 0 Å². The number of hydrogen-bond acceptors (Lipinski definition) is 5. The monoisotopic (exact) mass is 296 g/mol. The van der Waals surface area contributed by atoms with Crippen molar-refractivity contribution in [1.29, 1.82) is 0 Å². The molecular weight excluding hydrogens is 276 g/mol. The number of thiazole rings is 1. The second-order valence-electron chi connectivity index (χ2n) is 5.32. The van der Waals surface area contributed by atoms with E-state index in [1.54, 1.807) is 6.08 Å². The third kappa shape index (κ3) is 4.45. The van der Waals surface area contributed by atoms with Crippen LogP contribution in [0.5, 0.6) is 0 Å². The number of carbonyl (C=O) groups excluding carboxylic acids is 2. The molecule has 0 bridgehead atoms. The zero-order valence-electron chi connectivity index (χ0n) is 12.4. The Balaban J connectivity index is 2.67. The lowest BCUT2D eigenvalue weighted by Crippen LogP contribution is -2.23. The topological polar surface area (TPSA) is 68.3 Å². The molecule has 0 atom stereocenters. The van der Waals surface area contributed by atoms with Crippen molar-refractivity contribution in [1.82, 2.24) is 10.3 Å². The maximum Gasteiger partial charge on any atom is 0.330 e. The van der Waals surface area contributed by atoms with E-state index in [1.807, 2.05) is 6.92 Å². The summed E-state index contributed by atoms with van der Waals surface area (Å²) >= 11 is 1.40. The summed E-state index contributed by atoms with van der Waals surface area (Å²) in [6.07, 6.45) is 2.82. The third-order valence-electron chi connectivity index (χ3n) is 2.48. The molecule has 0 radical (unpaired) electrons. The second kappa shape index (κ2) is 6.65. The van der Waals surface area contributed by atoms with Crippen LogP contribution in [0.4, 0.5) is 0 Å². The Morgan fingerprint density at radius 2 is 2.05 bits per heavy atom. The lowest BCUT2D eigenvalue weighted by molar-refractivity contribution is -0.134. The minimum absolute atomic E-state index is 0.0707. The average Bonchev–Trinajstić information content (AvgIpc) is 2.76. The quantitative estimate of drug-likeness (QED) is 0.683. The fourth-order valence-corrected chi connectivity index (χ4v) is 2.42. The molecule has 1 aromatic heterocycles. The molecule has 0 saturated heterocycles. The maximum atomic E-state index is 12.0. The Morgan fingerprint density at radius 1 is 1.40 bits per heavy atom. The van der Waals surface area contributed by atoms with E-state index in [-0.39, 0.29) is 17.9 Å². The van der Waals surface area contributed by atoms with E-state index in [9.17, 15) is 9.59 Å². The summed E-state index contributed by atoms with van der Waals surface area (Å²) in [4.78, 5) is 27.9. The van der Waals surface area contributed by atoms with Gasteiger partial charge in [0.1, 0.15) is 4.88 Å². The SMILES string of the molecule is COC(=O)/C=C/CNC(=O)c1sc(C(C)(C)C)nc1C. The van der Waals surface area contributed by atoms with E-state index >= 15 is 0 Å². The maximum absolute atomic E-state index is 12.0. The van der Waals surface area contributed by atoms with Gasteiger partial charge in [-0.05, 0) is 6.92 Å². The zero-order chi connectivity index (χ0) is 15.3. The Bertz CT molecular complexity index is 527. The van der Waals surface area contributed by atoms with Crippen molar-refractivity contribution < 1.29 is 14.3 Å². The molecule has 0 spiro atoms. The minimum atomic E-state index is -0.441. The fourth-order valence-electron chi connectivity index (χ4n) is 1.38. The van der Waals surface area contributed by atoms with Crippen LogP contribution >= 0.6 is 11.3 Å². The van der Waals surface area contributed by atoms with Crippen molar-refractivity contribution >= 4 is 23.2 Å². The van der Waals surface area contributed by atoms with E-state index in [0.717, 1.165) is 10.7 Å². The van der Waals surface area contributed by atoms with Gasteiger partial charge in [0.2, 0.25) is 0 Å². The van der Waals surface area contributed by atoms with Gasteiger partial charge >= 0.3 is 5.97 Å². The van der Waals surface area contributed by atoms with Crippen LogP contribution in [0, 0.1) is 6.92 Å². The standard InChI is InChI=1S/C14H20N2O3S/c1-9-11(20-13(16-9)14(2,3)4)12(18)15-8-6-7-10(17)19-5/h6-7H,8H2,1-5H3,(H,15,18)/b7-6+. The summed E-state index contributed by atoms with van der Waals surface area (Å²) < 4.78 is 4.46. The molecule has 0 aromatic carbocycles. The van der Waals surface area contributed by atoms with Crippen molar-refractivity contribution in [2.45, 2.75) is 33.1 Å². The molecule has 0 aliphatic rings. The van der Waals surface area contributed by atoms with Crippen molar-refractivity contribution in [3.63, 3.8) is 0 Å². The van der Waals surface area contributed by atoms with E-state index in [2.05, 4.69) is 35.8 Å². The molecule has 1 N–H and O–H groups in total. The molecule has 0 unspecified atom stereocenters. The number of methoxy groups -OCH3 is 1. The normalized spacial score (nSPS) is 11.7. The van der Waals surface area contributed by atoms with E-state index in [4.69, 9.17) is 0 Å². The molecule has 0 aliphatic heterocycles. The third-order valence-corrected chi connectivity index (χ3v) is 4.06. The molecule has 20 heavy (non-hydrogen) atoms. The van der Waals surface area contributed by atoms with Crippen LogP contribution in [0.3, 0.4) is 0 Å². The lowest BCUT2D eigenvalue weighted by Gasteiger charge is -2.13. The highest BCUT2D eigenvalue weighted by atomic mass is 32.1. The van der Waals surface area contributed by atoms with Crippen molar-refractivity contribution in [2.24, 2.45) is 0 Å². The number of rotatable bonds is 4. The number of nitrogens with zero attached hydrogens (tertiary/aromatic N) is 1. The van der Waals surface area contributed by atoms with Gasteiger partial charge in [-0.1, -0.05) is 26.8 Å². The van der Waals surface area contributed by atoms with Crippen molar-refractivity contribution in [2.75, 3.05) is 13.7 Å². The van der Waals surface area contributed by atoms with Gasteiger partial charge in [-0.25, -0.2) is 9.78 Å². The minimum Gasteiger partial charge on any atom is -0.466 e. The fraction of sp³-hybridized carbons (Fsp3) is 0.500. The first kappa shape index (κ1) is 16.4. The molecule has 1 rings (SSSR count). The Labute approximate surface area is 123 Å². The van der Waals surface area contributed by atoms with E-state index < -0.39 is 5.97 Å². The average molecular weight is 296 g/mol. The van der Waals surface area contributed by atoms with Gasteiger partial charge in [0.25, 0.3) is 5.91 Å². The van der Waals surface area contributed by atoms with E-state index in [1.165, 1.54) is 24.5 Å². The van der Waals surface area contributed by atoms with Gasteiger partial charge < -0.3 is 10.1 Å². The summed E-state index contributed by atoms with van der Waals surface area (Å²) in [7, 11) is 1.31. The largest absolute Gasteiger partial charge is 0.466 e. The van der Waals surface area contributed by atoms with Crippen LogP contribution in [0.1, 0.15) is 41.1 Å². The number of nitrogens with one attached hydrogen (secondary N) is 1. The van der Waals surface area contributed by atoms with Gasteiger partial charge in [-0.3, -0.25) is 4.79 Å². The Kier molecular flexibility index (Phi) is 5.44.